The highest BCUT2D eigenvalue weighted by atomic mass is 35.5. The van der Waals surface area contributed by atoms with E-state index in [-0.39, 0.29) is 11.3 Å². The van der Waals surface area contributed by atoms with Gasteiger partial charge in [-0.25, -0.2) is 14.5 Å². The maximum absolute atomic E-state index is 13.5. The summed E-state index contributed by atoms with van der Waals surface area (Å²) in [6, 6.07) is 27.9. The highest BCUT2D eigenvalue weighted by molar-refractivity contribution is 6.40. The molecule has 0 aliphatic rings. The summed E-state index contributed by atoms with van der Waals surface area (Å²) in [6.07, 6.45) is 3.03. The van der Waals surface area contributed by atoms with Crippen molar-refractivity contribution >= 4 is 46.9 Å². The number of para-hydroxylation sites is 2. The molecule has 1 aromatic heterocycles. The number of anilines is 2. The number of amides is 3. The molecule has 0 spiro atoms. The third kappa shape index (κ3) is 6.75. The molecule has 0 saturated carbocycles. The molecule has 0 radical (unpaired) electrons. The molecule has 0 aliphatic heterocycles. The van der Waals surface area contributed by atoms with E-state index >= 15 is 0 Å². The molecule has 208 valence electrons. The summed E-state index contributed by atoms with van der Waals surface area (Å²) in [5.74, 6) is -2.97. The number of carbonyl (C=O) groups is 3. The van der Waals surface area contributed by atoms with Gasteiger partial charge in [0.05, 0.1) is 23.2 Å². The van der Waals surface area contributed by atoms with Gasteiger partial charge in [0.25, 0.3) is 5.91 Å². The fourth-order valence-electron chi connectivity index (χ4n) is 3.94. The SMILES string of the molecule is O=C(N/N=C/c1cn(-c2ccccc2)nc1-c1ccc(F)cc1)C(=O)Nc1ccccc1C(=O)Nc1ccc(Cl)cc1. The van der Waals surface area contributed by atoms with Gasteiger partial charge in [-0.3, -0.25) is 14.4 Å². The fraction of sp³-hybridized carbons (Fsp3) is 0. The molecule has 0 aliphatic carbocycles. The minimum absolute atomic E-state index is 0.135. The first-order valence-electron chi connectivity index (χ1n) is 12.6. The third-order valence-electron chi connectivity index (χ3n) is 5.98. The Bertz CT molecular complexity index is 1770. The predicted molar refractivity (Wildman–Crippen MR) is 159 cm³/mol. The lowest BCUT2D eigenvalue weighted by Crippen LogP contribution is -2.33. The van der Waals surface area contributed by atoms with Crippen molar-refractivity contribution in [2.24, 2.45) is 5.10 Å². The number of carbonyl (C=O) groups excluding carboxylic acids is 3. The fourth-order valence-corrected chi connectivity index (χ4v) is 4.06. The third-order valence-corrected chi connectivity index (χ3v) is 6.23. The monoisotopic (exact) mass is 580 g/mol. The zero-order valence-electron chi connectivity index (χ0n) is 21.8. The van der Waals surface area contributed by atoms with Crippen molar-refractivity contribution in [3.8, 4) is 16.9 Å². The molecule has 0 saturated heterocycles. The summed E-state index contributed by atoms with van der Waals surface area (Å²) in [6.45, 7) is 0. The number of nitrogens with one attached hydrogen (secondary N) is 3. The zero-order valence-corrected chi connectivity index (χ0v) is 22.5. The van der Waals surface area contributed by atoms with Crippen molar-refractivity contribution in [1.82, 2.24) is 15.2 Å². The standard InChI is InChI=1S/C31H22ClFN6O3/c32-22-12-16-24(17-13-22)35-29(40)26-8-4-5-9-27(26)36-30(41)31(42)37-34-18-21-19-39(25-6-2-1-3-7-25)38-28(21)20-10-14-23(33)15-11-20/h1-19H,(H,35,40)(H,36,41)(H,37,42)/b34-18+. The number of hydrogen-bond donors (Lipinski definition) is 3. The highest BCUT2D eigenvalue weighted by Crippen LogP contribution is 2.23. The topological polar surface area (TPSA) is 117 Å². The van der Waals surface area contributed by atoms with Crippen LogP contribution in [0.25, 0.3) is 16.9 Å². The van der Waals surface area contributed by atoms with Crippen LogP contribution in [0.2, 0.25) is 5.02 Å². The summed E-state index contributed by atoms with van der Waals surface area (Å²) in [5.41, 5.74) is 5.39. The van der Waals surface area contributed by atoms with Crippen molar-refractivity contribution < 1.29 is 18.8 Å². The molecular weight excluding hydrogens is 559 g/mol. The Balaban J connectivity index is 1.29. The van der Waals surface area contributed by atoms with Crippen LogP contribution in [-0.4, -0.2) is 33.7 Å². The lowest BCUT2D eigenvalue weighted by Gasteiger charge is -2.11. The Morgan fingerprint density at radius 1 is 0.810 bits per heavy atom. The largest absolute Gasteiger partial charge is 0.329 e. The van der Waals surface area contributed by atoms with Crippen LogP contribution < -0.4 is 16.1 Å². The second-order valence-electron chi connectivity index (χ2n) is 8.88. The average Bonchev–Trinajstić information content (AvgIpc) is 3.43. The van der Waals surface area contributed by atoms with E-state index in [2.05, 4.69) is 26.3 Å². The van der Waals surface area contributed by atoms with Crippen LogP contribution in [0.1, 0.15) is 15.9 Å². The van der Waals surface area contributed by atoms with Crippen LogP contribution in [0.4, 0.5) is 15.8 Å². The van der Waals surface area contributed by atoms with Gasteiger partial charge in [-0.05, 0) is 72.8 Å². The van der Waals surface area contributed by atoms with Gasteiger partial charge >= 0.3 is 11.8 Å². The van der Waals surface area contributed by atoms with Crippen LogP contribution in [-0.2, 0) is 9.59 Å². The number of hydrogen-bond acceptors (Lipinski definition) is 5. The molecule has 0 atom stereocenters. The van der Waals surface area contributed by atoms with E-state index < -0.39 is 23.5 Å². The number of nitrogens with zero attached hydrogens (tertiary/aromatic N) is 3. The normalized spacial score (nSPS) is 10.8. The molecular formula is C31H22ClFN6O3. The van der Waals surface area contributed by atoms with E-state index in [4.69, 9.17) is 11.6 Å². The van der Waals surface area contributed by atoms with Crippen molar-refractivity contribution in [1.29, 1.82) is 0 Å². The smallest absolute Gasteiger partial charge is 0.322 e. The van der Waals surface area contributed by atoms with Crippen LogP contribution in [0.5, 0.6) is 0 Å². The van der Waals surface area contributed by atoms with Gasteiger partial charge < -0.3 is 10.6 Å². The Morgan fingerprint density at radius 3 is 2.24 bits per heavy atom. The minimum Gasteiger partial charge on any atom is -0.322 e. The van der Waals surface area contributed by atoms with Gasteiger partial charge in [0, 0.05) is 28.0 Å². The van der Waals surface area contributed by atoms with E-state index in [1.54, 1.807) is 59.4 Å². The summed E-state index contributed by atoms with van der Waals surface area (Å²) in [7, 11) is 0. The number of hydrazone groups is 1. The van der Waals surface area contributed by atoms with Gasteiger partial charge in [-0.2, -0.15) is 10.2 Å². The summed E-state index contributed by atoms with van der Waals surface area (Å²) >= 11 is 5.89. The molecule has 0 fully saturated rings. The molecule has 9 nitrogen and oxygen atoms in total. The maximum Gasteiger partial charge on any atom is 0.329 e. The lowest BCUT2D eigenvalue weighted by atomic mass is 10.1. The molecule has 0 unspecified atom stereocenters. The van der Waals surface area contributed by atoms with Crippen LogP contribution in [0.15, 0.2) is 114 Å². The van der Waals surface area contributed by atoms with Crippen LogP contribution >= 0.6 is 11.6 Å². The van der Waals surface area contributed by atoms with Crippen molar-refractivity contribution in [3.05, 3.63) is 131 Å². The van der Waals surface area contributed by atoms with E-state index in [0.717, 1.165) is 5.69 Å². The summed E-state index contributed by atoms with van der Waals surface area (Å²) < 4.78 is 15.1. The average molecular weight is 581 g/mol. The maximum atomic E-state index is 13.5. The van der Waals surface area contributed by atoms with Gasteiger partial charge in [0.2, 0.25) is 0 Å². The molecule has 11 heteroatoms. The zero-order chi connectivity index (χ0) is 29.5. The molecule has 0 bridgehead atoms. The van der Waals surface area contributed by atoms with E-state index in [0.29, 0.717) is 27.5 Å². The summed E-state index contributed by atoms with van der Waals surface area (Å²) in [4.78, 5) is 38.0. The predicted octanol–water partition coefficient (Wildman–Crippen LogP) is 5.67. The second kappa shape index (κ2) is 12.7. The number of aromatic nitrogens is 2. The Kier molecular flexibility index (Phi) is 8.45. The van der Waals surface area contributed by atoms with Crippen molar-refractivity contribution in [3.63, 3.8) is 0 Å². The number of rotatable bonds is 7. The molecule has 5 rings (SSSR count). The van der Waals surface area contributed by atoms with Crippen LogP contribution in [0, 0.1) is 5.82 Å². The Hall–Kier alpha value is -5.61. The molecule has 3 amide bonds. The van der Waals surface area contributed by atoms with Crippen molar-refractivity contribution in [2.75, 3.05) is 10.6 Å². The summed E-state index contributed by atoms with van der Waals surface area (Å²) in [5, 5.41) is 14.2. The van der Waals surface area contributed by atoms with Crippen molar-refractivity contribution in [2.45, 2.75) is 0 Å². The molecule has 1 heterocycles. The second-order valence-corrected chi connectivity index (χ2v) is 9.32. The minimum atomic E-state index is -1.06. The first-order valence-corrected chi connectivity index (χ1v) is 13.0. The quantitative estimate of drug-likeness (QED) is 0.131. The molecule has 4 aromatic carbocycles. The first kappa shape index (κ1) is 27.9. The number of benzene rings is 4. The van der Waals surface area contributed by atoms with E-state index in [1.165, 1.54) is 30.5 Å². The lowest BCUT2D eigenvalue weighted by molar-refractivity contribution is -0.136. The molecule has 5 aromatic rings. The Labute approximate surface area is 244 Å². The van der Waals surface area contributed by atoms with E-state index in [1.807, 2.05) is 30.3 Å². The first-order chi connectivity index (χ1) is 20.4. The van der Waals surface area contributed by atoms with Crippen LogP contribution in [0.3, 0.4) is 0 Å². The number of halogens is 2. The van der Waals surface area contributed by atoms with Gasteiger partial charge in [-0.1, -0.05) is 41.9 Å². The van der Waals surface area contributed by atoms with Gasteiger partial charge in [0.1, 0.15) is 11.5 Å². The molecule has 3 N–H and O–H groups in total. The van der Waals surface area contributed by atoms with Gasteiger partial charge in [0.15, 0.2) is 0 Å². The van der Waals surface area contributed by atoms with Gasteiger partial charge in [-0.15, -0.1) is 0 Å². The molecule has 42 heavy (non-hydrogen) atoms. The highest BCUT2D eigenvalue weighted by Gasteiger charge is 2.18. The van der Waals surface area contributed by atoms with E-state index in [9.17, 15) is 18.8 Å². The Morgan fingerprint density at radius 2 is 1.50 bits per heavy atom.